The molecule has 1 unspecified atom stereocenters. The van der Waals surface area contributed by atoms with Gasteiger partial charge in [0.25, 0.3) is 5.91 Å². The molecule has 0 aliphatic rings. The van der Waals surface area contributed by atoms with E-state index >= 15 is 0 Å². The molecule has 0 bridgehead atoms. The molecule has 0 aliphatic carbocycles. The van der Waals surface area contributed by atoms with Crippen molar-refractivity contribution in [2.24, 2.45) is 5.41 Å². The second-order valence-corrected chi connectivity index (χ2v) is 6.52. The topological polar surface area (TPSA) is 54.9 Å². The molecule has 4 nitrogen and oxygen atoms in total. The summed E-state index contributed by atoms with van der Waals surface area (Å²) in [5.74, 6) is -0.437. The summed E-state index contributed by atoms with van der Waals surface area (Å²) in [7, 11) is 0. The number of carbonyl (C=O) groups excluding carboxylic acids is 1. The first-order valence-corrected chi connectivity index (χ1v) is 7.32. The highest BCUT2D eigenvalue weighted by molar-refractivity contribution is 5.93. The van der Waals surface area contributed by atoms with Gasteiger partial charge in [-0.1, -0.05) is 32.9 Å². The van der Waals surface area contributed by atoms with Crippen molar-refractivity contribution in [2.75, 3.05) is 0 Å². The van der Waals surface area contributed by atoms with Gasteiger partial charge in [-0.05, 0) is 23.1 Å². The Morgan fingerprint density at radius 2 is 1.75 bits per heavy atom. The maximum Gasteiger partial charge on any atom is 0.416 e. The quantitative estimate of drug-likeness (QED) is 0.920. The van der Waals surface area contributed by atoms with E-state index in [0.717, 1.165) is 12.1 Å². The summed E-state index contributed by atoms with van der Waals surface area (Å²) in [4.78, 5) is 19.9. The highest BCUT2D eigenvalue weighted by atomic mass is 19.4. The molecule has 2 aromatic rings. The Kier molecular flexibility index (Phi) is 4.91. The van der Waals surface area contributed by atoms with E-state index in [1.165, 1.54) is 24.8 Å². The lowest BCUT2D eigenvalue weighted by molar-refractivity contribution is -0.137. The molecular formula is C17H18F3N3O. The van der Waals surface area contributed by atoms with Crippen molar-refractivity contribution in [3.05, 3.63) is 59.7 Å². The minimum absolute atomic E-state index is 0.249. The minimum Gasteiger partial charge on any atom is -0.345 e. The third kappa shape index (κ3) is 4.31. The van der Waals surface area contributed by atoms with Gasteiger partial charge in [-0.25, -0.2) is 9.97 Å². The molecule has 1 N–H and O–H groups in total. The fourth-order valence-electron chi connectivity index (χ4n) is 2.33. The van der Waals surface area contributed by atoms with E-state index in [1.54, 1.807) is 6.07 Å². The fraction of sp³-hybridized carbons (Fsp3) is 0.353. The molecule has 0 spiro atoms. The zero-order valence-corrected chi connectivity index (χ0v) is 13.6. The first kappa shape index (κ1) is 17.9. The van der Waals surface area contributed by atoms with Crippen LogP contribution in [0.3, 0.4) is 0 Å². The second-order valence-electron chi connectivity index (χ2n) is 6.52. The number of amides is 1. The Labute approximate surface area is 138 Å². The fourth-order valence-corrected chi connectivity index (χ4v) is 2.33. The molecule has 1 aromatic carbocycles. The Hall–Kier alpha value is -2.44. The van der Waals surface area contributed by atoms with Gasteiger partial charge in [0, 0.05) is 12.4 Å². The van der Waals surface area contributed by atoms with Crippen molar-refractivity contribution in [2.45, 2.75) is 33.0 Å². The van der Waals surface area contributed by atoms with Crippen molar-refractivity contribution in [1.29, 1.82) is 0 Å². The van der Waals surface area contributed by atoms with Crippen molar-refractivity contribution >= 4 is 5.91 Å². The van der Waals surface area contributed by atoms with Gasteiger partial charge in [0.1, 0.15) is 6.33 Å². The van der Waals surface area contributed by atoms with Gasteiger partial charge in [0.2, 0.25) is 0 Å². The Bertz CT molecular complexity index is 709. The molecule has 1 atom stereocenters. The summed E-state index contributed by atoms with van der Waals surface area (Å²) in [6.45, 7) is 5.54. The van der Waals surface area contributed by atoms with E-state index in [1.807, 2.05) is 20.8 Å². The molecule has 24 heavy (non-hydrogen) atoms. The SMILES string of the molecule is CC(C)(C)C(NC(=O)c1cncnc1)c1cccc(C(F)(F)F)c1. The Morgan fingerprint density at radius 3 is 2.29 bits per heavy atom. The van der Waals surface area contributed by atoms with Crippen LogP contribution < -0.4 is 5.32 Å². The van der Waals surface area contributed by atoms with Crippen LogP contribution in [0.4, 0.5) is 13.2 Å². The van der Waals surface area contributed by atoms with Gasteiger partial charge in [0.05, 0.1) is 17.2 Å². The minimum atomic E-state index is -4.43. The summed E-state index contributed by atoms with van der Waals surface area (Å²) in [5.41, 5.74) is -0.594. The maximum absolute atomic E-state index is 13.0. The number of rotatable bonds is 3. The molecule has 0 saturated carbocycles. The third-order valence-corrected chi connectivity index (χ3v) is 3.51. The Morgan fingerprint density at radius 1 is 1.12 bits per heavy atom. The second kappa shape index (κ2) is 6.59. The first-order chi connectivity index (χ1) is 11.1. The molecule has 128 valence electrons. The predicted molar refractivity (Wildman–Crippen MR) is 83.1 cm³/mol. The average molecular weight is 337 g/mol. The number of carbonyl (C=O) groups is 1. The van der Waals surface area contributed by atoms with Gasteiger partial charge < -0.3 is 5.32 Å². The van der Waals surface area contributed by atoms with Gasteiger partial charge in [0.15, 0.2) is 0 Å². The average Bonchev–Trinajstić information content (AvgIpc) is 2.51. The van der Waals surface area contributed by atoms with E-state index in [0.29, 0.717) is 5.56 Å². The van der Waals surface area contributed by atoms with E-state index in [4.69, 9.17) is 0 Å². The number of aromatic nitrogens is 2. The molecule has 1 aromatic heterocycles. The molecular weight excluding hydrogens is 319 g/mol. The highest BCUT2D eigenvalue weighted by Crippen LogP contribution is 2.36. The molecule has 0 radical (unpaired) electrons. The Balaban J connectivity index is 2.35. The van der Waals surface area contributed by atoms with Crippen LogP contribution >= 0.6 is 0 Å². The molecule has 0 fully saturated rings. The predicted octanol–water partition coefficient (Wildman–Crippen LogP) is 4.01. The zero-order valence-electron chi connectivity index (χ0n) is 13.6. The lowest BCUT2D eigenvalue weighted by Crippen LogP contribution is -2.36. The summed E-state index contributed by atoms with van der Waals surface area (Å²) < 4.78 is 38.9. The number of nitrogens with one attached hydrogen (secondary N) is 1. The molecule has 0 saturated heterocycles. The van der Waals surface area contributed by atoms with E-state index < -0.39 is 29.1 Å². The summed E-state index contributed by atoms with van der Waals surface area (Å²) >= 11 is 0. The number of alkyl halides is 3. The lowest BCUT2D eigenvalue weighted by atomic mass is 9.81. The normalized spacial score (nSPS) is 13.4. The van der Waals surface area contributed by atoms with Gasteiger partial charge in [-0.2, -0.15) is 13.2 Å². The number of halogens is 3. The van der Waals surface area contributed by atoms with Crippen LogP contribution in [0, 0.1) is 5.41 Å². The van der Waals surface area contributed by atoms with E-state index in [9.17, 15) is 18.0 Å². The molecule has 1 amide bonds. The molecule has 7 heteroatoms. The largest absolute Gasteiger partial charge is 0.416 e. The lowest BCUT2D eigenvalue weighted by Gasteiger charge is -2.32. The molecule has 1 heterocycles. The van der Waals surface area contributed by atoms with Crippen molar-refractivity contribution in [1.82, 2.24) is 15.3 Å². The van der Waals surface area contributed by atoms with Crippen LogP contribution in [0.2, 0.25) is 0 Å². The molecule has 2 rings (SSSR count). The van der Waals surface area contributed by atoms with Crippen LogP contribution in [-0.2, 0) is 6.18 Å². The van der Waals surface area contributed by atoms with Crippen molar-refractivity contribution in [3.8, 4) is 0 Å². The maximum atomic E-state index is 13.0. The van der Waals surface area contributed by atoms with Gasteiger partial charge in [-0.3, -0.25) is 4.79 Å². The van der Waals surface area contributed by atoms with Crippen LogP contribution in [0.25, 0.3) is 0 Å². The first-order valence-electron chi connectivity index (χ1n) is 7.32. The number of hydrogen-bond acceptors (Lipinski definition) is 3. The van der Waals surface area contributed by atoms with Crippen molar-refractivity contribution < 1.29 is 18.0 Å². The monoisotopic (exact) mass is 337 g/mol. The summed E-state index contributed by atoms with van der Waals surface area (Å²) in [6, 6.07) is 4.39. The number of hydrogen-bond donors (Lipinski definition) is 1. The standard InChI is InChI=1S/C17H18F3N3O/c1-16(2,3)14(23-15(24)12-8-21-10-22-9-12)11-5-4-6-13(7-11)17(18,19)20/h4-10,14H,1-3H3,(H,23,24). The number of benzene rings is 1. The van der Waals surface area contributed by atoms with Crippen LogP contribution in [-0.4, -0.2) is 15.9 Å². The smallest absolute Gasteiger partial charge is 0.345 e. The van der Waals surface area contributed by atoms with Gasteiger partial charge in [-0.15, -0.1) is 0 Å². The van der Waals surface area contributed by atoms with E-state index in [2.05, 4.69) is 15.3 Å². The number of nitrogens with zero attached hydrogens (tertiary/aromatic N) is 2. The highest BCUT2D eigenvalue weighted by Gasteiger charge is 2.33. The van der Waals surface area contributed by atoms with Crippen LogP contribution in [0.5, 0.6) is 0 Å². The van der Waals surface area contributed by atoms with Gasteiger partial charge >= 0.3 is 6.18 Å². The van der Waals surface area contributed by atoms with Crippen LogP contribution in [0.1, 0.15) is 48.3 Å². The van der Waals surface area contributed by atoms with E-state index in [-0.39, 0.29) is 5.56 Å². The third-order valence-electron chi connectivity index (χ3n) is 3.51. The summed E-state index contributed by atoms with van der Waals surface area (Å²) in [6.07, 6.45) is -0.428. The zero-order chi connectivity index (χ0) is 18.0. The van der Waals surface area contributed by atoms with Crippen molar-refractivity contribution in [3.63, 3.8) is 0 Å². The van der Waals surface area contributed by atoms with Crippen LogP contribution in [0.15, 0.2) is 43.0 Å². The molecule has 0 aliphatic heterocycles. The summed E-state index contributed by atoms with van der Waals surface area (Å²) in [5, 5.41) is 2.78.